The Morgan fingerprint density at radius 1 is 1.21 bits per heavy atom. The Kier molecular flexibility index (Phi) is 5.90. The Bertz CT molecular complexity index is 791. The fourth-order valence-corrected chi connectivity index (χ4v) is 3.86. The van der Waals surface area contributed by atoms with Crippen LogP contribution in [0.5, 0.6) is 0 Å². The molecule has 1 unspecified atom stereocenters. The number of carbonyl (C=O) groups excluding carboxylic acids is 3. The van der Waals surface area contributed by atoms with Crippen molar-refractivity contribution in [3.63, 3.8) is 0 Å². The predicted molar refractivity (Wildman–Crippen MR) is 104 cm³/mol. The molecule has 4 amide bonds. The largest absolute Gasteiger partial charge is 0.480 e. The van der Waals surface area contributed by atoms with Gasteiger partial charge < -0.3 is 30.9 Å². The van der Waals surface area contributed by atoms with Gasteiger partial charge in [-0.25, -0.2) is 9.59 Å². The number of carboxylic acids is 1. The third-order valence-electron chi connectivity index (χ3n) is 5.42. The minimum Gasteiger partial charge on any atom is -0.480 e. The molecule has 4 N–H and O–H groups in total. The molecule has 1 spiro atoms. The number of para-hydroxylation sites is 1. The Balaban J connectivity index is 1.60. The standard InChI is InChI=1S/C19H25N5O5/c1-13(25)22-15(16(26)27)11-20-18(29)23-9-7-19(8-10-23)17(28)21-12-24(19)14-5-3-2-4-6-14/h2-6,15H,7-12H2,1H3,(H,20,29)(H,21,28)(H,22,25)(H,26,27). The van der Waals surface area contributed by atoms with Gasteiger partial charge in [0.1, 0.15) is 11.6 Å². The van der Waals surface area contributed by atoms with Crippen LogP contribution in [0.2, 0.25) is 0 Å². The highest BCUT2D eigenvalue weighted by atomic mass is 16.4. The smallest absolute Gasteiger partial charge is 0.328 e. The highest BCUT2D eigenvalue weighted by Gasteiger charge is 2.50. The lowest BCUT2D eigenvalue weighted by atomic mass is 9.85. The third-order valence-corrected chi connectivity index (χ3v) is 5.42. The van der Waals surface area contributed by atoms with Gasteiger partial charge in [-0.1, -0.05) is 18.2 Å². The van der Waals surface area contributed by atoms with Crippen molar-refractivity contribution >= 4 is 29.5 Å². The van der Waals surface area contributed by atoms with Gasteiger partial charge in [0.2, 0.25) is 11.8 Å². The van der Waals surface area contributed by atoms with Gasteiger partial charge in [0.05, 0.1) is 13.2 Å². The summed E-state index contributed by atoms with van der Waals surface area (Å²) in [6.07, 6.45) is 0.935. The van der Waals surface area contributed by atoms with Crippen molar-refractivity contribution in [2.45, 2.75) is 31.3 Å². The number of carboxylic acid groups (broad SMARTS) is 1. The van der Waals surface area contributed by atoms with E-state index in [-0.39, 0.29) is 12.5 Å². The maximum Gasteiger partial charge on any atom is 0.328 e. The summed E-state index contributed by atoms with van der Waals surface area (Å²) < 4.78 is 0. The number of carbonyl (C=O) groups is 4. The van der Waals surface area contributed by atoms with Gasteiger partial charge in [-0.3, -0.25) is 9.59 Å². The van der Waals surface area contributed by atoms with Crippen LogP contribution in [0.25, 0.3) is 0 Å². The number of urea groups is 1. The molecule has 0 radical (unpaired) electrons. The monoisotopic (exact) mass is 403 g/mol. The number of piperidine rings is 1. The first-order valence-electron chi connectivity index (χ1n) is 9.47. The van der Waals surface area contributed by atoms with Crippen molar-refractivity contribution in [3.8, 4) is 0 Å². The van der Waals surface area contributed by atoms with E-state index in [4.69, 9.17) is 5.11 Å². The summed E-state index contributed by atoms with van der Waals surface area (Å²) >= 11 is 0. The Labute approximate surface area is 168 Å². The molecule has 2 heterocycles. The molecule has 0 aromatic heterocycles. The first-order valence-corrected chi connectivity index (χ1v) is 9.47. The molecule has 0 aliphatic carbocycles. The molecular weight excluding hydrogens is 378 g/mol. The van der Waals surface area contributed by atoms with Crippen molar-refractivity contribution in [2.75, 3.05) is 31.2 Å². The molecule has 0 bridgehead atoms. The molecule has 3 rings (SSSR count). The zero-order chi connectivity index (χ0) is 21.0. The number of rotatable bonds is 5. The van der Waals surface area contributed by atoms with Crippen LogP contribution in [0.15, 0.2) is 30.3 Å². The molecule has 2 aliphatic heterocycles. The summed E-state index contributed by atoms with van der Waals surface area (Å²) in [6.45, 7) is 2.14. The van der Waals surface area contributed by atoms with Crippen LogP contribution in [0.1, 0.15) is 19.8 Å². The van der Waals surface area contributed by atoms with Crippen LogP contribution in [0.4, 0.5) is 10.5 Å². The fraction of sp³-hybridized carbons (Fsp3) is 0.474. The molecule has 2 fully saturated rings. The lowest BCUT2D eigenvalue weighted by molar-refractivity contribution is -0.141. The Morgan fingerprint density at radius 3 is 2.45 bits per heavy atom. The van der Waals surface area contributed by atoms with E-state index in [9.17, 15) is 19.2 Å². The maximum atomic E-state index is 12.6. The number of hydrogen-bond donors (Lipinski definition) is 4. The summed E-state index contributed by atoms with van der Waals surface area (Å²) in [5.74, 6) is -1.75. The number of nitrogens with one attached hydrogen (secondary N) is 3. The molecule has 10 heteroatoms. The number of anilines is 1. The number of likely N-dealkylation sites (tertiary alicyclic amines) is 1. The summed E-state index contributed by atoms with van der Waals surface area (Å²) in [4.78, 5) is 50.9. The highest BCUT2D eigenvalue weighted by Crippen LogP contribution is 2.36. The topological polar surface area (TPSA) is 131 Å². The quantitative estimate of drug-likeness (QED) is 0.535. The normalized spacial score (nSPS) is 18.9. The van der Waals surface area contributed by atoms with Gasteiger partial charge >= 0.3 is 12.0 Å². The van der Waals surface area contributed by atoms with Gasteiger partial charge in [-0.15, -0.1) is 0 Å². The SMILES string of the molecule is CC(=O)NC(CNC(=O)N1CCC2(CC1)C(=O)NCN2c1ccccc1)C(=O)O. The van der Waals surface area contributed by atoms with Crippen LogP contribution in [0, 0.1) is 0 Å². The minimum absolute atomic E-state index is 0.0435. The molecule has 2 saturated heterocycles. The van der Waals surface area contributed by atoms with Gasteiger partial charge in [0.15, 0.2) is 0 Å². The number of hydrogen-bond acceptors (Lipinski definition) is 5. The van der Waals surface area contributed by atoms with Gasteiger partial charge in [0.25, 0.3) is 0 Å². The maximum absolute atomic E-state index is 12.6. The van der Waals surface area contributed by atoms with Gasteiger partial charge in [-0.2, -0.15) is 0 Å². The van der Waals surface area contributed by atoms with Crippen LogP contribution in [-0.2, 0) is 14.4 Å². The molecular formula is C19H25N5O5. The van der Waals surface area contributed by atoms with E-state index in [1.54, 1.807) is 4.90 Å². The van der Waals surface area contributed by atoms with E-state index in [2.05, 4.69) is 16.0 Å². The minimum atomic E-state index is -1.22. The lowest BCUT2D eigenvalue weighted by Gasteiger charge is -2.43. The number of benzene rings is 1. The molecule has 10 nitrogen and oxygen atoms in total. The van der Waals surface area contributed by atoms with Crippen molar-refractivity contribution in [3.05, 3.63) is 30.3 Å². The molecule has 1 atom stereocenters. The van der Waals surface area contributed by atoms with Gasteiger partial charge in [-0.05, 0) is 25.0 Å². The number of aliphatic carboxylic acids is 1. The van der Waals surface area contributed by atoms with E-state index in [1.807, 2.05) is 35.2 Å². The molecule has 29 heavy (non-hydrogen) atoms. The van der Waals surface area contributed by atoms with Crippen molar-refractivity contribution in [2.24, 2.45) is 0 Å². The molecule has 156 valence electrons. The van der Waals surface area contributed by atoms with E-state index in [1.165, 1.54) is 6.92 Å². The average molecular weight is 403 g/mol. The predicted octanol–water partition coefficient (Wildman–Crippen LogP) is -0.286. The molecule has 0 saturated carbocycles. The molecule has 1 aromatic carbocycles. The first kappa shape index (κ1) is 20.4. The summed E-state index contributed by atoms with van der Waals surface area (Å²) in [5, 5.41) is 16.9. The van der Waals surface area contributed by atoms with E-state index in [0.29, 0.717) is 32.6 Å². The number of nitrogens with zero attached hydrogens (tertiary/aromatic N) is 2. The molecule has 2 aliphatic rings. The van der Waals surface area contributed by atoms with E-state index < -0.39 is 29.5 Å². The van der Waals surface area contributed by atoms with Crippen LogP contribution < -0.4 is 20.9 Å². The van der Waals surface area contributed by atoms with Crippen molar-refractivity contribution < 1.29 is 24.3 Å². The zero-order valence-corrected chi connectivity index (χ0v) is 16.2. The second-order valence-corrected chi connectivity index (χ2v) is 7.22. The Hall–Kier alpha value is -3.30. The van der Waals surface area contributed by atoms with E-state index >= 15 is 0 Å². The van der Waals surface area contributed by atoms with Crippen LogP contribution in [0.3, 0.4) is 0 Å². The number of amides is 4. The fourth-order valence-electron chi connectivity index (χ4n) is 3.86. The summed E-state index contributed by atoms with van der Waals surface area (Å²) in [5.41, 5.74) is 0.251. The second kappa shape index (κ2) is 8.38. The zero-order valence-electron chi connectivity index (χ0n) is 16.2. The summed E-state index contributed by atoms with van der Waals surface area (Å²) in [7, 11) is 0. The van der Waals surface area contributed by atoms with Gasteiger partial charge in [0, 0.05) is 25.7 Å². The van der Waals surface area contributed by atoms with Crippen molar-refractivity contribution in [1.29, 1.82) is 0 Å². The summed E-state index contributed by atoms with van der Waals surface area (Å²) in [6, 6.07) is 8.05. The highest BCUT2D eigenvalue weighted by molar-refractivity contribution is 5.93. The van der Waals surface area contributed by atoms with Crippen LogP contribution in [-0.4, -0.2) is 71.7 Å². The van der Waals surface area contributed by atoms with E-state index in [0.717, 1.165) is 5.69 Å². The molecule has 1 aromatic rings. The average Bonchev–Trinajstić information content (AvgIpc) is 3.01. The first-order chi connectivity index (χ1) is 13.8. The second-order valence-electron chi connectivity index (χ2n) is 7.22. The Morgan fingerprint density at radius 2 is 1.86 bits per heavy atom. The van der Waals surface area contributed by atoms with Crippen molar-refractivity contribution in [1.82, 2.24) is 20.9 Å². The van der Waals surface area contributed by atoms with Crippen LogP contribution >= 0.6 is 0 Å². The third kappa shape index (κ3) is 4.25. The lowest BCUT2D eigenvalue weighted by Crippen LogP contribution is -2.59.